The van der Waals surface area contributed by atoms with Crippen LogP contribution >= 0.6 is 0 Å². The Bertz CT molecular complexity index is 505. The summed E-state index contributed by atoms with van der Waals surface area (Å²) in [5.41, 5.74) is 0. The Kier molecular flexibility index (Phi) is 4.72. The van der Waals surface area contributed by atoms with Crippen LogP contribution in [0.5, 0.6) is 0 Å². The first-order valence-corrected chi connectivity index (χ1v) is 6.97. The maximum atomic E-state index is 12.3. The second kappa shape index (κ2) is 6.51. The summed E-state index contributed by atoms with van der Waals surface area (Å²) in [6.45, 7) is 3.69. The Morgan fingerprint density at radius 2 is 1.86 bits per heavy atom. The lowest BCUT2D eigenvalue weighted by Crippen LogP contribution is -2.41. The van der Waals surface area contributed by atoms with Crippen LogP contribution < -0.4 is 4.90 Å². The predicted molar refractivity (Wildman–Crippen MR) is 78.7 cm³/mol. The highest BCUT2D eigenvalue weighted by atomic mass is 16.2. The lowest BCUT2D eigenvalue weighted by Gasteiger charge is -2.25. The van der Waals surface area contributed by atoms with E-state index in [9.17, 15) is 9.59 Å². The van der Waals surface area contributed by atoms with Crippen molar-refractivity contribution in [2.75, 3.05) is 45.2 Å². The summed E-state index contributed by atoms with van der Waals surface area (Å²) in [7, 11) is 3.46. The van der Waals surface area contributed by atoms with Gasteiger partial charge in [-0.2, -0.15) is 0 Å². The van der Waals surface area contributed by atoms with Crippen molar-refractivity contribution in [1.82, 2.24) is 19.8 Å². The van der Waals surface area contributed by atoms with Gasteiger partial charge in [0.25, 0.3) is 0 Å². The highest BCUT2D eigenvalue weighted by molar-refractivity contribution is 5.80. The van der Waals surface area contributed by atoms with Gasteiger partial charge in [-0.3, -0.25) is 9.59 Å². The molecule has 0 N–H and O–H groups in total. The van der Waals surface area contributed by atoms with Crippen LogP contribution in [0.1, 0.15) is 6.92 Å². The molecule has 2 heterocycles. The normalized spacial score (nSPS) is 19.1. The molecule has 2 rings (SSSR count). The van der Waals surface area contributed by atoms with Crippen LogP contribution in [0, 0.1) is 5.92 Å². The summed E-state index contributed by atoms with van der Waals surface area (Å²) in [4.78, 5) is 37.7. The zero-order chi connectivity index (χ0) is 15.4. The van der Waals surface area contributed by atoms with E-state index < -0.39 is 0 Å². The van der Waals surface area contributed by atoms with Gasteiger partial charge in [0.2, 0.25) is 17.8 Å². The van der Waals surface area contributed by atoms with E-state index in [0.29, 0.717) is 32.1 Å². The number of hydrogen-bond donors (Lipinski definition) is 0. The predicted octanol–water partition coefficient (Wildman–Crippen LogP) is -0.150. The molecule has 0 aliphatic carbocycles. The van der Waals surface area contributed by atoms with Gasteiger partial charge in [-0.1, -0.05) is 0 Å². The second-order valence-electron chi connectivity index (χ2n) is 5.39. The van der Waals surface area contributed by atoms with Crippen molar-refractivity contribution >= 4 is 17.8 Å². The fourth-order valence-electron chi connectivity index (χ4n) is 2.46. The largest absolute Gasteiger partial charge is 0.348 e. The topological polar surface area (TPSA) is 69.6 Å². The van der Waals surface area contributed by atoms with Gasteiger partial charge in [0, 0.05) is 59.6 Å². The minimum absolute atomic E-state index is 0.0117. The summed E-state index contributed by atoms with van der Waals surface area (Å²) in [6, 6.07) is 1.76. The Hall–Kier alpha value is -2.18. The van der Waals surface area contributed by atoms with Gasteiger partial charge in [0.15, 0.2) is 0 Å². The van der Waals surface area contributed by atoms with E-state index in [0.717, 1.165) is 0 Å². The molecule has 1 fully saturated rings. The van der Waals surface area contributed by atoms with Crippen molar-refractivity contribution in [2.45, 2.75) is 6.92 Å². The van der Waals surface area contributed by atoms with Crippen molar-refractivity contribution in [1.29, 1.82) is 0 Å². The first kappa shape index (κ1) is 15.2. The monoisotopic (exact) mass is 291 g/mol. The minimum atomic E-state index is -0.268. The number of carbonyl (C=O) groups excluding carboxylic acids is 2. The first-order chi connectivity index (χ1) is 9.99. The average Bonchev–Trinajstić information content (AvgIpc) is 2.70. The third-order valence-electron chi connectivity index (χ3n) is 3.59. The van der Waals surface area contributed by atoms with Crippen LogP contribution in [0.3, 0.4) is 0 Å². The van der Waals surface area contributed by atoms with Gasteiger partial charge < -0.3 is 14.7 Å². The van der Waals surface area contributed by atoms with Crippen LogP contribution in [0.2, 0.25) is 0 Å². The summed E-state index contributed by atoms with van der Waals surface area (Å²) in [6.07, 6.45) is 3.36. The number of aromatic nitrogens is 2. The van der Waals surface area contributed by atoms with E-state index in [1.807, 2.05) is 4.90 Å². The fraction of sp³-hybridized carbons (Fsp3) is 0.571. The molecule has 1 aromatic rings. The number of hydrogen-bond acceptors (Lipinski definition) is 5. The maximum absolute atomic E-state index is 12.3. The quantitative estimate of drug-likeness (QED) is 0.758. The Morgan fingerprint density at radius 1 is 1.19 bits per heavy atom. The van der Waals surface area contributed by atoms with Crippen molar-refractivity contribution < 1.29 is 9.59 Å². The summed E-state index contributed by atoms with van der Waals surface area (Å²) in [5.74, 6) is 0.334. The van der Waals surface area contributed by atoms with Crippen molar-refractivity contribution in [3.05, 3.63) is 18.5 Å². The third-order valence-corrected chi connectivity index (χ3v) is 3.59. The molecule has 2 amide bonds. The van der Waals surface area contributed by atoms with Crippen LogP contribution in [-0.4, -0.2) is 71.9 Å². The van der Waals surface area contributed by atoms with Gasteiger partial charge >= 0.3 is 0 Å². The lowest BCUT2D eigenvalue weighted by molar-refractivity contribution is -0.135. The average molecular weight is 291 g/mol. The van der Waals surface area contributed by atoms with E-state index in [1.165, 1.54) is 6.92 Å². The number of nitrogens with zero attached hydrogens (tertiary/aromatic N) is 5. The molecule has 0 unspecified atom stereocenters. The highest BCUT2D eigenvalue weighted by Gasteiger charge is 2.30. The first-order valence-electron chi connectivity index (χ1n) is 6.97. The van der Waals surface area contributed by atoms with Crippen molar-refractivity contribution in [3.8, 4) is 0 Å². The van der Waals surface area contributed by atoms with Crippen molar-refractivity contribution in [2.24, 2.45) is 5.92 Å². The standard InChI is InChI=1S/C14H21N5O2/c1-11(20)18-7-8-19(14-15-5-4-6-16-14)10-12(9-18)13(21)17(2)3/h4-6,12H,7-10H2,1-3H3/t12-/m0/s1. The van der Waals surface area contributed by atoms with E-state index >= 15 is 0 Å². The molecule has 0 radical (unpaired) electrons. The molecule has 7 nitrogen and oxygen atoms in total. The highest BCUT2D eigenvalue weighted by Crippen LogP contribution is 2.16. The molecule has 1 saturated heterocycles. The molecule has 7 heteroatoms. The number of amides is 2. The molecule has 0 spiro atoms. The minimum Gasteiger partial charge on any atom is -0.348 e. The maximum Gasteiger partial charge on any atom is 0.228 e. The molecule has 1 aliphatic heterocycles. The summed E-state index contributed by atoms with van der Waals surface area (Å²) >= 11 is 0. The molecule has 21 heavy (non-hydrogen) atoms. The van der Waals surface area contributed by atoms with E-state index in [4.69, 9.17) is 0 Å². The lowest BCUT2D eigenvalue weighted by atomic mass is 10.1. The molecule has 1 aliphatic rings. The SMILES string of the molecule is CC(=O)N1CCN(c2ncccn2)C[C@@H](C(=O)N(C)C)C1. The molecule has 0 bridgehead atoms. The molecule has 114 valence electrons. The number of rotatable bonds is 2. The molecule has 0 aromatic carbocycles. The van der Waals surface area contributed by atoms with Gasteiger partial charge in [-0.05, 0) is 6.07 Å². The summed E-state index contributed by atoms with van der Waals surface area (Å²) in [5, 5.41) is 0. The third kappa shape index (κ3) is 3.68. The van der Waals surface area contributed by atoms with Gasteiger partial charge in [0.05, 0.1) is 5.92 Å². The smallest absolute Gasteiger partial charge is 0.228 e. The number of anilines is 1. The Labute approximate surface area is 124 Å². The van der Waals surface area contributed by atoms with Gasteiger partial charge in [-0.25, -0.2) is 9.97 Å². The van der Waals surface area contributed by atoms with E-state index in [-0.39, 0.29) is 17.7 Å². The molecule has 1 atom stereocenters. The molecule has 1 aromatic heterocycles. The fourth-order valence-corrected chi connectivity index (χ4v) is 2.46. The van der Waals surface area contributed by atoms with Gasteiger partial charge in [0.1, 0.15) is 0 Å². The van der Waals surface area contributed by atoms with Crippen LogP contribution in [0.25, 0.3) is 0 Å². The number of carbonyl (C=O) groups is 2. The Balaban J connectivity index is 2.22. The molecular weight excluding hydrogens is 270 g/mol. The summed E-state index contributed by atoms with van der Waals surface area (Å²) < 4.78 is 0. The molecular formula is C14H21N5O2. The molecule has 0 saturated carbocycles. The zero-order valence-corrected chi connectivity index (χ0v) is 12.7. The van der Waals surface area contributed by atoms with Crippen LogP contribution in [-0.2, 0) is 9.59 Å². The zero-order valence-electron chi connectivity index (χ0n) is 12.7. The van der Waals surface area contributed by atoms with E-state index in [1.54, 1.807) is 42.4 Å². The second-order valence-corrected chi connectivity index (χ2v) is 5.39. The van der Waals surface area contributed by atoms with Gasteiger partial charge in [-0.15, -0.1) is 0 Å². The Morgan fingerprint density at radius 3 is 2.43 bits per heavy atom. The van der Waals surface area contributed by atoms with E-state index in [2.05, 4.69) is 9.97 Å². The van der Waals surface area contributed by atoms with Crippen LogP contribution in [0.15, 0.2) is 18.5 Å². The van der Waals surface area contributed by atoms with Crippen molar-refractivity contribution in [3.63, 3.8) is 0 Å². The van der Waals surface area contributed by atoms with Crippen LogP contribution in [0.4, 0.5) is 5.95 Å².